The average Bonchev–Trinajstić information content (AvgIpc) is 2.93. The molecule has 3 nitrogen and oxygen atoms in total. The fraction of sp³-hybridized carbons (Fsp3) is 0.125. The summed E-state index contributed by atoms with van der Waals surface area (Å²) in [6, 6.07) is 10.7. The molecule has 3 aromatic rings. The Morgan fingerprint density at radius 2 is 2.00 bits per heavy atom. The van der Waals surface area contributed by atoms with E-state index in [1.54, 1.807) is 31.2 Å². The summed E-state index contributed by atoms with van der Waals surface area (Å²) in [4.78, 5) is 16.3. The number of aromatic nitrogens is 1. The lowest BCUT2D eigenvalue weighted by Crippen LogP contribution is -2.03. The summed E-state index contributed by atoms with van der Waals surface area (Å²) in [5.41, 5.74) is 2.26. The molecule has 0 saturated carbocycles. The number of benzene rings is 2. The Balaban J connectivity index is 2.02. The van der Waals surface area contributed by atoms with Gasteiger partial charge in [0.25, 0.3) is 0 Å². The standard InChI is InChI=1S/C16H11Cl2NO2S/c1-2-21-16(20)10-4-6-13-14(8-10)22-15(19-13)9-3-5-11(17)12(18)7-9/h3-8H,2H2,1H3. The second-order valence-corrected chi connectivity index (χ2v) is 6.40. The van der Waals surface area contributed by atoms with Gasteiger partial charge in [-0.1, -0.05) is 29.3 Å². The Hall–Kier alpha value is -1.62. The van der Waals surface area contributed by atoms with Gasteiger partial charge in [-0.15, -0.1) is 11.3 Å². The van der Waals surface area contributed by atoms with Crippen molar-refractivity contribution in [3.63, 3.8) is 0 Å². The SMILES string of the molecule is CCOC(=O)c1ccc2nc(-c3ccc(Cl)c(Cl)c3)sc2c1. The molecule has 6 heteroatoms. The van der Waals surface area contributed by atoms with Gasteiger partial charge in [0, 0.05) is 5.56 Å². The number of thiazole rings is 1. The number of hydrogen-bond acceptors (Lipinski definition) is 4. The number of halogens is 2. The number of ether oxygens (including phenoxy) is 1. The van der Waals surface area contributed by atoms with Crippen LogP contribution in [0.15, 0.2) is 36.4 Å². The van der Waals surface area contributed by atoms with E-state index >= 15 is 0 Å². The van der Waals surface area contributed by atoms with E-state index in [9.17, 15) is 4.79 Å². The molecular formula is C16H11Cl2NO2S. The van der Waals surface area contributed by atoms with Gasteiger partial charge in [-0.25, -0.2) is 9.78 Å². The Morgan fingerprint density at radius 3 is 2.73 bits per heavy atom. The molecule has 0 fully saturated rings. The van der Waals surface area contributed by atoms with Gasteiger partial charge in [-0.2, -0.15) is 0 Å². The maximum absolute atomic E-state index is 11.8. The maximum Gasteiger partial charge on any atom is 0.338 e. The van der Waals surface area contributed by atoms with Crippen molar-refractivity contribution in [2.45, 2.75) is 6.92 Å². The Bertz CT molecular complexity index is 860. The van der Waals surface area contributed by atoms with Gasteiger partial charge in [0.15, 0.2) is 0 Å². The van der Waals surface area contributed by atoms with Gasteiger partial charge in [0.2, 0.25) is 0 Å². The number of carbonyl (C=O) groups is 1. The molecule has 112 valence electrons. The summed E-state index contributed by atoms with van der Waals surface area (Å²) < 4.78 is 5.93. The van der Waals surface area contributed by atoms with Gasteiger partial charge in [0.05, 0.1) is 32.4 Å². The lowest BCUT2D eigenvalue weighted by atomic mass is 10.2. The second kappa shape index (κ2) is 6.24. The average molecular weight is 352 g/mol. The largest absolute Gasteiger partial charge is 0.462 e. The normalized spacial score (nSPS) is 10.9. The first-order chi connectivity index (χ1) is 10.6. The van der Waals surface area contributed by atoms with Crippen molar-refractivity contribution in [1.82, 2.24) is 4.98 Å². The molecule has 0 N–H and O–H groups in total. The topological polar surface area (TPSA) is 39.2 Å². The van der Waals surface area contributed by atoms with Gasteiger partial charge in [0.1, 0.15) is 5.01 Å². The minimum atomic E-state index is -0.325. The van der Waals surface area contributed by atoms with E-state index in [0.717, 1.165) is 20.8 Å². The zero-order chi connectivity index (χ0) is 15.7. The van der Waals surface area contributed by atoms with Crippen LogP contribution in [0.2, 0.25) is 10.0 Å². The highest BCUT2D eigenvalue weighted by atomic mass is 35.5. The molecule has 0 aliphatic heterocycles. The first-order valence-electron chi connectivity index (χ1n) is 6.61. The Labute approximate surface area is 141 Å². The van der Waals surface area contributed by atoms with Crippen molar-refractivity contribution in [2.75, 3.05) is 6.61 Å². The molecule has 2 aromatic carbocycles. The fourth-order valence-corrected chi connectivity index (χ4v) is 3.32. The summed E-state index contributed by atoms with van der Waals surface area (Å²) in [6.07, 6.45) is 0. The van der Waals surface area contributed by atoms with E-state index < -0.39 is 0 Å². The van der Waals surface area contributed by atoms with Gasteiger partial charge < -0.3 is 4.74 Å². The number of hydrogen-bond donors (Lipinski definition) is 0. The molecule has 0 atom stereocenters. The molecule has 1 aromatic heterocycles. The molecule has 0 radical (unpaired) electrons. The van der Waals surface area contributed by atoms with Crippen LogP contribution in [0.1, 0.15) is 17.3 Å². The number of carbonyl (C=O) groups excluding carboxylic acids is 1. The Kier molecular flexibility index (Phi) is 4.34. The van der Waals surface area contributed by atoms with Crippen molar-refractivity contribution in [3.8, 4) is 10.6 Å². The molecule has 0 saturated heterocycles. The predicted octanol–water partition coefficient (Wildman–Crippen LogP) is 5.45. The van der Waals surface area contributed by atoms with Crippen molar-refractivity contribution >= 4 is 50.7 Å². The van der Waals surface area contributed by atoms with Crippen LogP contribution in [0.3, 0.4) is 0 Å². The van der Waals surface area contributed by atoms with E-state index in [1.165, 1.54) is 11.3 Å². The van der Waals surface area contributed by atoms with Gasteiger partial charge in [-0.05, 0) is 37.3 Å². The molecule has 0 aliphatic carbocycles. The van der Waals surface area contributed by atoms with Gasteiger partial charge in [-0.3, -0.25) is 0 Å². The number of nitrogens with zero attached hydrogens (tertiary/aromatic N) is 1. The third kappa shape index (κ3) is 2.95. The zero-order valence-electron chi connectivity index (χ0n) is 11.6. The number of rotatable bonds is 3. The van der Waals surface area contributed by atoms with Crippen molar-refractivity contribution < 1.29 is 9.53 Å². The molecule has 0 spiro atoms. The summed E-state index contributed by atoms with van der Waals surface area (Å²) in [5, 5.41) is 1.83. The van der Waals surface area contributed by atoms with E-state index in [-0.39, 0.29) is 5.97 Å². The van der Waals surface area contributed by atoms with Crippen molar-refractivity contribution in [2.24, 2.45) is 0 Å². The number of fused-ring (bicyclic) bond motifs is 1. The second-order valence-electron chi connectivity index (χ2n) is 4.55. The highest BCUT2D eigenvalue weighted by Gasteiger charge is 2.12. The van der Waals surface area contributed by atoms with E-state index in [2.05, 4.69) is 4.98 Å². The molecule has 1 heterocycles. The molecular weight excluding hydrogens is 341 g/mol. The quantitative estimate of drug-likeness (QED) is 0.589. The molecule has 22 heavy (non-hydrogen) atoms. The summed E-state index contributed by atoms with van der Waals surface area (Å²) in [5.74, 6) is -0.325. The lowest BCUT2D eigenvalue weighted by Gasteiger charge is -2.00. The summed E-state index contributed by atoms with van der Waals surface area (Å²) in [6.45, 7) is 2.14. The molecule has 0 bridgehead atoms. The van der Waals surface area contributed by atoms with E-state index in [1.807, 2.05) is 12.1 Å². The first-order valence-corrected chi connectivity index (χ1v) is 8.19. The van der Waals surface area contributed by atoms with Crippen LogP contribution in [-0.2, 0) is 4.74 Å². The highest BCUT2D eigenvalue weighted by Crippen LogP contribution is 2.34. The zero-order valence-corrected chi connectivity index (χ0v) is 13.9. The summed E-state index contributed by atoms with van der Waals surface area (Å²) in [7, 11) is 0. The first kappa shape index (κ1) is 15.3. The van der Waals surface area contributed by atoms with Crippen LogP contribution in [0, 0.1) is 0 Å². The minimum Gasteiger partial charge on any atom is -0.462 e. The van der Waals surface area contributed by atoms with Crippen LogP contribution in [0.4, 0.5) is 0 Å². The van der Waals surface area contributed by atoms with Crippen LogP contribution >= 0.6 is 34.5 Å². The Morgan fingerprint density at radius 1 is 1.18 bits per heavy atom. The van der Waals surface area contributed by atoms with E-state index in [0.29, 0.717) is 22.2 Å². The predicted molar refractivity (Wildman–Crippen MR) is 91.0 cm³/mol. The van der Waals surface area contributed by atoms with Crippen molar-refractivity contribution in [3.05, 3.63) is 52.0 Å². The van der Waals surface area contributed by atoms with E-state index in [4.69, 9.17) is 27.9 Å². The molecule has 0 aliphatic rings. The van der Waals surface area contributed by atoms with Gasteiger partial charge >= 0.3 is 5.97 Å². The third-order valence-electron chi connectivity index (χ3n) is 3.07. The smallest absolute Gasteiger partial charge is 0.338 e. The highest BCUT2D eigenvalue weighted by molar-refractivity contribution is 7.21. The van der Waals surface area contributed by atoms with Crippen LogP contribution in [-0.4, -0.2) is 17.6 Å². The molecule has 0 unspecified atom stereocenters. The fourth-order valence-electron chi connectivity index (χ4n) is 2.02. The minimum absolute atomic E-state index is 0.325. The molecule has 3 rings (SSSR count). The number of esters is 1. The maximum atomic E-state index is 11.8. The summed E-state index contributed by atoms with van der Waals surface area (Å²) >= 11 is 13.5. The third-order valence-corrected chi connectivity index (χ3v) is 4.87. The van der Waals surface area contributed by atoms with Crippen molar-refractivity contribution in [1.29, 1.82) is 0 Å². The lowest BCUT2D eigenvalue weighted by molar-refractivity contribution is 0.0526. The monoisotopic (exact) mass is 351 g/mol. The molecule has 0 amide bonds. The van der Waals surface area contributed by atoms with Crippen LogP contribution in [0.25, 0.3) is 20.8 Å². The van der Waals surface area contributed by atoms with Crippen LogP contribution < -0.4 is 0 Å². The van der Waals surface area contributed by atoms with Crippen LogP contribution in [0.5, 0.6) is 0 Å².